The van der Waals surface area contributed by atoms with Gasteiger partial charge in [-0.15, -0.1) is 0 Å². The molecule has 0 spiro atoms. The molecule has 3 N–H and O–H groups in total. The Bertz CT molecular complexity index is 989. The van der Waals surface area contributed by atoms with Gasteiger partial charge in [-0.1, -0.05) is 91.0 Å². The molecule has 0 atom stereocenters. The Kier molecular flexibility index (Phi) is 40.7. The van der Waals surface area contributed by atoms with Crippen LogP contribution in [0.4, 0.5) is 0 Å². The number of benzene rings is 3. The Morgan fingerprint density at radius 1 is 0.522 bits per heavy atom. The molecular formula is C32H43NO11PRe-5. The van der Waals surface area contributed by atoms with Crippen molar-refractivity contribution in [2.45, 2.75) is 34.6 Å². The molecule has 12 nitrogen and oxygen atoms in total. The number of quaternary nitrogens is 1. The largest absolute Gasteiger partial charge is 2.00 e. The first kappa shape index (κ1) is 52.0. The Labute approximate surface area is 286 Å². The first-order valence-electron chi connectivity index (χ1n) is 13.8. The molecule has 3 rings (SSSR count). The number of aliphatic carboxylic acids is 4. The van der Waals surface area contributed by atoms with Crippen LogP contribution >= 0.6 is 7.92 Å². The van der Waals surface area contributed by atoms with Crippen LogP contribution < -0.4 is 41.2 Å². The van der Waals surface area contributed by atoms with Gasteiger partial charge in [0.1, 0.15) is 0 Å². The van der Waals surface area contributed by atoms with Gasteiger partial charge in [-0.05, 0) is 58.5 Å². The molecule has 0 aliphatic heterocycles. The fourth-order valence-electron chi connectivity index (χ4n) is 2.93. The summed E-state index contributed by atoms with van der Waals surface area (Å²) in [5, 5.41) is 55.0. The van der Waals surface area contributed by atoms with Gasteiger partial charge in [0, 0.05) is 33.6 Å². The monoisotopic (exact) mass is 835 g/mol. The third-order valence-corrected chi connectivity index (χ3v) is 7.32. The van der Waals surface area contributed by atoms with Gasteiger partial charge >= 0.3 is 0 Å². The summed E-state index contributed by atoms with van der Waals surface area (Å²) in [7, 11) is -0.446. The molecule has 0 amide bonds. The van der Waals surface area contributed by atoms with E-state index in [4.69, 9.17) is 49.8 Å². The molecular weight excluding hydrogens is 792 g/mol. The maximum Gasteiger partial charge on any atom is 0.0870 e. The zero-order chi connectivity index (χ0) is 34.3. The van der Waals surface area contributed by atoms with Crippen molar-refractivity contribution in [3.8, 4) is 0 Å². The molecule has 1 radical (unpaired) electrons. The van der Waals surface area contributed by atoms with Crippen molar-refractivity contribution in [1.82, 2.24) is 0 Å². The van der Waals surface area contributed by atoms with E-state index in [1.54, 1.807) is 18.7 Å². The molecule has 0 saturated carbocycles. The molecule has 0 fully saturated rings. The van der Waals surface area contributed by atoms with Gasteiger partial charge in [0.25, 0.3) is 0 Å². The van der Waals surface area contributed by atoms with E-state index >= 15 is 0 Å². The summed E-state index contributed by atoms with van der Waals surface area (Å²) in [5.41, 5.74) is 0. The summed E-state index contributed by atoms with van der Waals surface area (Å²) in [5.74, 6) is -8.74. The van der Waals surface area contributed by atoms with Gasteiger partial charge in [0.2, 0.25) is 0 Å². The summed E-state index contributed by atoms with van der Waals surface area (Å²) in [6.45, 7) is 14.3. The van der Waals surface area contributed by atoms with Gasteiger partial charge in [-0.2, -0.15) is 0 Å². The molecule has 3 aromatic carbocycles. The van der Waals surface area contributed by atoms with E-state index in [0.29, 0.717) is 0 Å². The maximum atomic E-state index is 8.93. The number of aliphatic hydroxyl groups is 2. The van der Waals surface area contributed by atoms with Gasteiger partial charge in [0.05, 0.1) is 43.5 Å². The SMILES string of the molecule is CCO.CCO.CC[NH+](CC)CC.O=C([O-])C(=O)[O-].O=C([O-])C(=O)[O-].[O-2].[Re].c1ccc(P(c2ccccc2)c2ccccc2)cc1. The van der Waals surface area contributed by atoms with Gasteiger partial charge in [-0.25, -0.2) is 0 Å². The van der Waals surface area contributed by atoms with Crippen LogP contribution in [-0.2, 0) is 45.1 Å². The van der Waals surface area contributed by atoms with Gasteiger partial charge in [-0.3, -0.25) is 0 Å². The Hall–Kier alpha value is -3.53. The molecule has 0 bridgehead atoms. The molecule has 0 aliphatic rings. The summed E-state index contributed by atoms with van der Waals surface area (Å²) in [6.07, 6.45) is 0. The number of rotatable bonds is 6. The van der Waals surface area contributed by atoms with Crippen molar-refractivity contribution in [2.24, 2.45) is 0 Å². The maximum absolute atomic E-state index is 8.93. The number of nitrogens with one attached hydrogen (secondary N) is 1. The van der Waals surface area contributed by atoms with E-state index in [2.05, 4.69) is 112 Å². The zero-order valence-electron chi connectivity index (χ0n) is 26.6. The second kappa shape index (κ2) is 35.9. The fraction of sp³-hybridized carbons (Fsp3) is 0.312. The van der Waals surface area contributed by atoms with Crippen LogP contribution in [0.25, 0.3) is 0 Å². The van der Waals surface area contributed by atoms with Crippen molar-refractivity contribution in [2.75, 3.05) is 32.8 Å². The average molecular weight is 835 g/mol. The van der Waals surface area contributed by atoms with E-state index in [1.165, 1.54) is 35.5 Å². The predicted octanol–water partition coefficient (Wildman–Crippen LogP) is -3.78. The average Bonchev–Trinajstić information content (AvgIpc) is 3.01. The quantitative estimate of drug-likeness (QED) is 0.162. The topological polar surface area (TPSA) is 234 Å². The minimum absolute atomic E-state index is 0. The van der Waals surface area contributed by atoms with E-state index < -0.39 is 31.8 Å². The summed E-state index contributed by atoms with van der Waals surface area (Å²) >= 11 is 0. The van der Waals surface area contributed by atoms with E-state index in [0.717, 1.165) is 0 Å². The second-order valence-corrected chi connectivity index (χ2v) is 10.2. The Morgan fingerprint density at radius 3 is 0.804 bits per heavy atom. The molecule has 259 valence electrons. The standard InChI is InChI=1S/C18H15P.C6H15N.2C2H2O4.2C2H6O.O.Re/c1-4-10-16(11-5-1)19(17-12-6-2-7-13-17)18-14-8-3-9-15-18;1-4-7(5-2)6-3;2*3-1(4)2(5)6;2*1-2-3;;/h1-15H;4-6H2,1-3H3;2*(H,3,4)(H,5,6);2*3H,2H2,1H3;;/q;;;;;;-2;/p-3. The molecule has 3 aromatic rings. The first-order chi connectivity index (χ1) is 20.9. The number of carboxylic acid groups (broad SMARTS) is 4. The van der Waals surface area contributed by atoms with E-state index in [9.17, 15) is 0 Å². The van der Waals surface area contributed by atoms with Crippen molar-refractivity contribution in [3.05, 3.63) is 91.0 Å². The van der Waals surface area contributed by atoms with Crippen LogP contribution in [0.5, 0.6) is 0 Å². The molecule has 14 heteroatoms. The smallest absolute Gasteiger partial charge is 0.0870 e. The van der Waals surface area contributed by atoms with E-state index in [1.807, 2.05) is 0 Å². The number of carboxylic acids is 4. The summed E-state index contributed by atoms with van der Waals surface area (Å²) in [6, 6.07) is 32.3. The molecule has 0 saturated heterocycles. The van der Waals surface area contributed by atoms with Crippen molar-refractivity contribution >= 4 is 47.7 Å². The van der Waals surface area contributed by atoms with Gasteiger partial charge < -0.3 is 60.2 Å². The van der Waals surface area contributed by atoms with Crippen LogP contribution in [-0.4, -0.2) is 66.9 Å². The van der Waals surface area contributed by atoms with Gasteiger partial charge in [0.15, 0.2) is 0 Å². The van der Waals surface area contributed by atoms with Crippen LogP contribution in [0.2, 0.25) is 0 Å². The Balaban J connectivity index is -0.000000174. The molecule has 0 aliphatic carbocycles. The predicted molar refractivity (Wildman–Crippen MR) is 164 cm³/mol. The van der Waals surface area contributed by atoms with Crippen LogP contribution in [0.3, 0.4) is 0 Å². The molecule has 46 heavy (non-hydrogen) atoms. The number of hydrogen-bond acceptors (Lipinski definition) is 10. The van der Waals surface area contributed by atoms with Crippen LogP contribution in [0, 0.1) is 0 Å². The number of hydrogen-bond donors (Lipinski definition) is 3. The first-order valence-corrected chi connectivity index (χ1v) is 15.1. The van der Waals surface area contributed by atoms with Crippen LogP contribution in [0.15, 0.2) is 91.0 Å². The third kappa shape index (κ3) is 29.2. The van der Waals surface area contributed by atoms with Crippen molar-refractivity contribution < 1.29 is 80.6 Å². The molecule has 0 heterocycles. The molecule has 0 unspecified atom stereocenters. The minimum atomic E-state index is -2.19. The number of carbonyl (C=O) groups is 4. The van der Waals surface area contributed by atoms with Crippen LogP contribution in [0.1, 0.15) is 34.6 Å². The summed E-state index contributed by atoms with van der Waals surface area (Å²) in [4.78, 5) is 37.4. The second-order valence-electron chi connectivity index (χ2n) is 7.94. The normalized spacial score (nSPS) is 8.63. The minimum Gasteiger partial charge on any atom is -2.00 e. The summed E-state index contributed by atoms with van der Waals surface area (Å²) < 4.78 is 0. The Morgan fingerprint density at radius 2 is 0.696 bits per heavy atom. The number of aliphatic hydroxyl groups excluding tert-OH is 2. The molecule has 0 aromatic heterocycles. The van der Waals surface area contributed by atoms with E-state index in [-0.39, 0.29) is 39.1 Å². The third-order valence-electron chi connectivity index (χ3n) is 4.88. The number of carbonyl (C=O) groups excluding carboxylic acids is 4. The zero-order valence-corrected chi connectivity index (χ0v) is 30.2. The fourth-order valence-corrected chi connectivity index (χ4v) is 5.23. The van der Waals surface area contributed by atoms with Crippen molar-refractivity contribution in [1.29, 1.82) is 0 Å². The van der Waals surface area contributed by atoms with Crippen molar-refractivity contribution in [3.63, 3.8) is 0 Å².